The van der Waals surface area contributed by atoms with Crippen molar-refractivity contribution in [3.8, 4) is 0 Å². The lowest BCUT2D eigenvalue weighted by Gasteiger charge is -2.18. The lowest BCUT2D eigenvalue weighted by Crippen LogP contribution is -2.17. The van der Waals surface area contributed by atoms with Crippen molar-refractivity contribution in [3.63, 3.8) is 0 Å². The van der Waals surface area contributed by atoms with Crippen LogP contribution in [0.1, 0.15) is 47.6 Å². The second kappa shape index (κ2) is 4.11. The minimum absolute atomic E-state index is 0.0384. The van der Waals surface area contributed by atoms with Gasteiger partial charge in [-0.25, -0.2) is 9.78 Å². The molecule has 1 aliphatic carbocycles. The number of hydrogen-bond donors (Lipinski definition) is 1. The molecule has 1 aliphatic rings. The van der Waals surface area contributed by atoms with Crippen LogP contribution in [0.2, 0.25) is 0 Å². The number of methoxy groups -OCH3 is 1. The van der Waals surface area contributed by atoms with Crippen LogP contribution in [0, 0.1) is 0 Å². The van der Waals surface area contributed by atoms with E-state index in [1.165, 1.54) is 7.11 Å². The fourth-order valence-corrected chi connectivity index (χ4v) is 2.37. The van der Waals surface area contributed by atoms with Crippen LogP contribution in [-0.2, 0) is 23.2 Å². The molecule has 17 heavy (non-hydrogen) atoms. The highest BCUT2D eigenvalue weighted by atomic mass is 16.5. The first-order chi connectivity index (χ1) is 7.99. The molecule has 0 radical (unpaired) electrons. The number of aliphatic hydroxyl groups excluding tert-OH is 1. The molecule has 0 bridgehead atoms. The number of fused-ring (bicyclic) bond motifs is 1. The summed E-state index contributed by atoms with van der Waals surface area (Å²) in [5, 5.41) is 9.37. The van der Waals surface area contributed by atoms with E-state index in [1.54, 1.807) is 6.07 Å². The Morgan fingerprint density at radius 2 is 2.29 bits per heavy atom. The van der Waals surface area contributed by atoms with Crippen LogP contribution in [0.4, 0.5) is 0 Å². The fourth-order valence-electron chi connectivity index (χ4n) is 2.37. The molecule has 1 N–H and O–H groups in total. The molecule has 0 aromatic carbocycles. The number of aliphatic hydroxyl groups is 1. The van der Waals surface area contributed by atoms with E-state index in [4.69, 9.17) is 0 Å². The maximum atomic E-state index is 11.5. The second-order valence-electron chi connectivity index (χ2n) is 5.03. The van der Waals surface area contributed by atoms with E-state index >= 15 is 0 Å². The molecule has 2 rings (SSSR count). The van der Waals surface area contributed by atoms with Gasteiger partial charge in [-0.2, -0.15) is 0 Å². The van der Waals surface area contributed by atoms with Crippen molar-refractivity contribution in [3.05, 3.63) is 28.6 Å². The largest absolute Gasteiger partial charge is 0.464 e. The van der Waals surface area contributed by atoms with E-state index in [0.717, 1.165) is 29.7 Å². The summed E-state index contributed by atoms with van der Waals surface area (Å²) in [7, 11) is 1.33. The van der Waals surface area contributed by atoms with Crippen molar-refractivity contribution in [2.24, 2.45) is 0 Å². The summed E-state index contributed by atoms with van der Waals surface area (Å²) in [5.74, 6) is -0.454. The molecule has 0 amide bonds. The van der Waals surface area contributed by atoms with Gasteiger partial charge in [0.1, 0.15) is 5.69 Å². The molecular formula is C13H17NO3. The Labute approximate surface area is 101 Å². The predicted molar refractivity (Wildman–Crippen MR) is 62.8 cm³/mol. The zero-order valence-corrected chi connectivity index (χ0v) is 10.4. The highest BCUT2D eigenvalue weighted by Crippen LogP contribution is 2.38. The number of rotatable bonds is 2. The Balaban J connectivity index is 2.59. The molecule has 4 heteroatoms. The first-order valence-electron chi connectivity index (χ1n) is 5.72. The molecular weight excluding hydrogens is 218 g/mol. The maximum Gasteiger partial charge on any atom is 0.356 e. The van der Waals surface area contributed by atoms with E-state index in [0.29, 0.717) is 0 Å². The zero-order valence-electron chi connectivity index (χ0n) is 10.4. The number of ether oxygens (including phenoxy) is 1. The zero-order chi connectivity index (χ0) is 12.6. The smallest absolute Gasteiger partial charge is 0.356 e. The van der Waals surface area contributed by atoms with Crippen molar-refractivity contribution in [2.75, 3.05) is 7.11 Å². The van der Waals surface area contributed by atoms with Gasteiger partial charge in [-0.1, -0.05) is 13.8 Å². The summed E-state index contributed by atoms with van der Waals surface area (Å²) in [6.07, 6.45) is 1.90. The number of esters is 1. The van der Waals surface area contributed by atoms with Crippen molar-refractivity contribution >= 4 is 5.97 Å². The van der Waals surface area contributed by atoms with Gasteiger partial charge in [0, 0.05) is 5.41 Å². The summed E-state index contributed by atoms with van der Waals surface area (Å²) in [6.45, 7) is 4.15. The average Bonchev–Trinajstić information content (AvgIpc) is 2.63. The average molecular weight is 235 g/mol. The number of nitrogens with zero attached hydrogens (tertiary/aromatic N) is 1. The van der Waals surface area contributed by atoms with Gasteiger partial charge in [-0.05, 0) is 30.0 Å². The van der Waals surface area contributed by atoms with Crippen molar-refractivity contribution in [2.45, 2.75) is 38.7 Å². The Kier molecular flexibility index (Phi) is 2.91. The van der Waals surface area contributed by atoms with Gasteiger partial charge in [0.2, 0.25) is 0 Å². The maximum absolute atomic E-state index is 11.5. The van der Waals surface area contributed by atoms with Gasteiger partial charge in [0.25, 0.3) is 0 Å². The van der Waals surface area contributed by atoms with E-state index in [9.17, 15) is 9.90 Å². The summed E-state index contributed by atoms with van der Waals surface area (Å²) in [5.41, 5.74) is 3.05. The van der Waals surface area contributed by atoms with E-state index < -0.39 is 5.97 Å². The third-order valence-corrected chi connectivity index (χ3v) is 3.42. The van der Waals surface area contributed by atoms with Crippen LogP contribution < -0.4 is 0 Å². The van der Waals surface area contributed by atoms with Crippen molar-refractivity contribution in [1.29, 1.82) is 0 Å². The van der Waals surface area contributed by atoms with Gasteiger partial charge in [0.05, 0.1) is 19.4 Å². The lowest BCUT2D eigenvalue weighted by molar-refractivity contribution is 0.0593. The summed E-state index contributed by atoms with van der Waals surface area (Å²) < 4.78 is 4.68. The number of aromatic nitrogens is 1. The Hall–Kier alpha value is -1.42. The van der Waals surface area contributed by atoms with Crippen LogP contribution in [0.5, 0.6) is 0 Å². The number of hydrogen-bond acceptors (Lipinski definition) is 4. The molecule has 0 fully saturated rings. The number of carbonyl (C=O) groups excluding carboxylic acids is 1. The second-order valence-corrected chi connectivity index (χ2v) is 5.03. The molecule has 92 valence electrons. The Morgan fingerprint density at radius 3 is 2.88 bits per heavy atom. The van der Waals surface area contributed by atoms with Gasteiger partial charge >= 0.3 is 5.97 Å². The molecule has 0 saturated heterocycles. The highest BCUT2D eigenvalue weighted by Gasteiger charge is 2.34. The van der Waals surface area contributed by atoms with E-state index in [-0.39, 0.29) is 17.7 Å². The van der Waals surface area contributed by atoms with Crippen LogP contribution >= 0.6 is 0 Å². The Bertz CT molecular complexity index is 466. The van der Waals surface area contributed by atoms with Crippen LogP contribution in [0.25, 0.3) is 0 Å². The molecule has 0 unspecified atom stereocenters. The van der Waals surface area contributed by atoms with Gasteiger partial charge < -0.3 is 9.84 Å². The number of carbonyl (C=O) groups is 1. The SMILES string of the molecule is COC(=O)c1cc(CO)c2c(n1)C(C)(C)CC2. The molecule has 0 atom stereocenters. The van der Waals surface area contributed by atoms with Crippen molar-refractivity contribution < 1.29 is 14.6 Å². The van der Waals surface area contributed by atoms with E-state index in [1.807, 2.05) is 0 Å². The molecule has 0 saturated carbocycles. The minimum atomic E-state index is -0.454. The summed E-state index contributed by atoms with van der Waals surface area (Å²) >= 11 is 0. The van der Waals surface area contributed by atoms with E-state index in [2.05, 4.69) is 23.6 Å². The predicted octanol–water partition coefficient (Wildman–Crippen LogP) is 1.58. The van der Waals surface area contributed by atoms with Crippen LogP contribution in [0.15, 0.2) is 6.07 Å². The van der Waals surface area contributed by atoms with Gasteiger partial charge in [-0.15, -0.1) is 0 Å². The molecule has 1 aromatic heterocycles. The molecule has 0 aliphatic heterocycles. The molecule has 4 nitrogen and oxygen atoms in total. The third kappa shape index (κ3) is 1.93. The molecule has 1 heterocycles. The van der Waals surface area contributed by atoms with Gasteiger partial charge in [0.15, 0.2) is 0 Å². The first kappa shape index (κ1) is 12.0. The standard InChI is InChI=1S/C13H17NO3/c1-13(2)5-4-9-8(7-15)6-10(12(16)17-3)14-11(9)13/h6,15H,4-5,7H2,1-3H3. The highest BCUT2D eigenvalue weighted by molar-refractivity contribution is 5.87. The minimum Gasteiger partial charge on any atom is -0.464 e. The molecule has 0 spiro atoms. The monoisotopic (exact) mass is 235 g/mol. The fraction of sp³-hybridized carbons (Fsp3) is 0.538. The normalized spacial score (nSPS) is 16.7. The molecule has 1 aromatic rings. The Morgan fingerprint density at radius 1 is 1.59 bits per heavy atom. The summed E-state index contributed by atoms with van der Waals surface area (Å²) in [6, 6.07) is 1.63. The van der Waals surface area contributed by atoms with Crippen LogP contribution in [-0.4, -0.2) is 23.2 Å². The third-order valence-electron chi connectivity index (χ3n) is 3.42. The summed E-state index contributed by atoms with van der Waals surface area (Å²) in [4.78, 5) is 15.9. The quantitative estimate of drug-likeness (QED) is 0.791. The number of pyridine rings is 1. The van der Waals surface area contributed by atoms with Gasteiger partial charge in [-0.3, -0.25) is 0 Å². The topological polar surface area (TPSA) is 59.4 Å². The van der Waals surface area contributed by atoms with Crippen LogP contribution in [0.3, 0.4) is 0 Å². The first-order valence-corrected chi connectivity index (χ1v) is 5.72. The van der Waals surface area contributed by atoms with Crippen molar-refractivity contribution in [1.82, 2.24) is 4.98 Å². The lowest BCUT2D eigenvalue weighted by atomic mass is 9.90.